The molecule has 3 heterocycles. The van der Waals surface area contributed by atoms with Gasteiger partial charge in [0.25, 0.3) is 5.91 Å². The van der Waals surface area contributed by atoms with Crippen molar-refractivity contribution < 1.29 is 9.53 Å². The van der Waals surface area contributed by atoms with Gasteiger partial charge in [-0.1, -0.05) is 0 Å². The van der Waals surface area contributed by atoms with Gasteiger partial charge in [0.05, 0.1) is 6.61 Å². The van der Waals surface area contributed by atoms with Crippen LogP contribution in [-0.4, -0.2) is 35.5 Å². The highest BCUT2D eigenvalue weighted by Gasteiger charge is 2.32. The molecule has 2 aliphatic heterocycles. The van der Waals surface area contributed by atoms with Crippen molar-refractivity contribution in [2.45, 2.75) is 12.3 Å². The van der Waals surface area contributed by atoms with E-state index in [2.05, 4.69) is 4.98 Å². The molecule has 1 amide bonds. The zero-order chi connectivity index (χ0) is 14.2. The predicted molar refractivity (Wildman–Crippen MR) is 78.5 cm³/mol. The lowest BCUT2D eigenvalue weighted by Crippen LogP contribution is -2.48. The van der Waals surface area contributed by atoms with Crippen molar-refractivity contribution in [3.8, 4) is 5.75 Å². The molecule has 0 bridgehead atoms. The van der Waals surface area contributed by atoms with Crippen LogP contribution < -0.4 is 4.74 Å². The van der Waals surface area contributed by atoms with Crippen LogP contribution in [0.2, 0.25) is 0 Å². The van der Waals surface area contributed by atoms with Gasteiger partial charge in [-0.2, -0.15) is 0 Å². The van der Waals surface area contributed by atoms with Crippen LogP contribution in [0.4, 0.5) is 0 Å². The highest BCUT2D eigenvalue weighted by molar-refractivity contribution is 5.95. The molecule has 1 aromatic heterocycles. The van der Waals surface area contributed by atoms with E-state index < -0.39 is 0 Å². The maximum absolute atomic E-state index is 12.5. The largest absolute Gasteiger partial charge is 0.493 e. The molecule has 1 saturated heterocycles. The second kappa shape index (κ2) is 4.88. The summed E-state index contributed by atoms with van der Waals surface area (Å²) in [5.41, 5.74) is 3.18. The fourth-order valence-electron chi connectivity index (χ4n) is 2.99. The second-order valence-electron chi connectivity index (χ2n) is 5.61. The van der Waals surface area contributed by atoms with Gasteiger partial charge in [0.1, 0.15) is 5.75 Å². The number of rotatable bonds is 2. The molecule has 2 aliphatic rings. The van der Waals surface area contributed by atoms with Crippen molar-refractivity contribution in [3.63, 3.8) is 0 Å². The summed E-state index contributed by atoms with van der Waals surface area (Å²) < 4.78 is 5.48. The Labute approximate surface area is 123 Å². The molecular formula is C17H16N2O2. The molecule has 0 aliphatic carbocycles. The van der Waals surface area contributed by atoms with Crippen molar-refractivity contribution in [2.24, 2.45) is 0 Å². The highest BCUT2D eigenvalue weighted by atomic mass is 16.5. The van der Waals surface area contributed by atoms with Gasteiger partial charge in [-0.3, -0.25) is 9.78 Å². The Kier molecular flexibility index (Phi) is 2.88. The van der Waals surface area contributed by atoms with E-state index in [1.165, 1.54) is 5.56 Å². The molecule has 4 rings (SSSR count). The first kappa shape index (κ1) is 12.4. The molecule has 4 nitrogen and oxygen atoms in total. The first-order chi connectivity index (χ1) is 10.3. The van der Waals surface area contributed by atoms with Gasteiger partial charge in [-0.25, -0.2) is 0 Å². The standard InChI is InChI=1S/C17H16N2O2/c20-17(14-1-2-16-13(9-14)5-8-21-16)19-10-15(11-19)12-3-6-18-7-4-12/h1-4,6-7,9,15H,5,8,10-11H2. The molecule has 0 saturated carbocycles. The third-order valence-corrected chi connectivity index (χ3v) is 4.28. The van der Waals surface area contributed by atoms with E-state index in [0.29, 0.717) is 5.92 Å². The molecule has 4 heteroatoms. The number of likely N-dealkylation sites (tertiary alicyclic amines) is 1. The molecule has 0 atom stereocenters. The van der Waals surface area contributed by atoms with Crippen LogP contribution in [0.25, 0.3) is 0 Å². The SMILES string of the molecule is O=C(c1ccc2c(c1)CCO2)N1CC(c2ccncc2)C1. The Morgan fingerprint density at radius 2 is 2.00 bits per heavy atom. The van der Waals surface area contributed by atoms with Crippen molar-refractivity contribution in [3.05, 3.63) is 59.4 Å². The number of pyridine rings is 1. The number of carbonyl (C=O) groups excluding carboxylic acids is 1. The Morgan fingerprint density at radius 3 is 2.81 bits per heavy atom. The molecule has 1 fully saturated rings. The van der Waals surface area contributed by atoms with Crippen LogP contribution >= 0.6 is 0 Å². The van der Waals surface area contributed by atoms with Crippen LogP contribution in [0, 0.1) is 0 Å². The van der Waals surface area contributed by atoms with Gasteiger partial charge in [-0.05, 0) is 41.5 Å². The Hall–Kier alpha value is -2.36. The van der Waals surface area contributed by atoms with E-state index in [0.717, 1.165) is 43.0 Å². The first-order valence-electron chi connectivity index (χ1n) is 7.26. The van der Waals surface area contributed by atoms with Crippen LogP contribution in [-0.2, 0) is 6.42 Å². The summed E-state index contributed by atoms with van der Waals surface area (Å²) in [6, 6.07) is 9.81. The van der Waals surface area contributed by atoms with Gasteiger partial charge in [0.2, 0.25) is 0 Å². The van der Waals surface area contributed by atoms with Gasteiger partial charge in [0, 0.05) is 43.4 Å². The number of ether oxygens (including phenoxy) is 1. The van der Waals surface area contributed by atoms with E-state index in [1.807, 2.05) is 35.2 Å². The lowest BCUT2D eigenvalue weighted by Gasteiger charge is -2.39. The van der Waals surface area contributed by atoms with Gasteiger partial charge in [-0.15, -0.1) is 0 Å². The van der Waals surface area contributed by atoms with Crippen LogP contribution in [0.5, 0.6) is 5.75 Å². The highest BCUT2D eigenvalue weighted by Crippen LogP contribution is 2.30. The molecule has 0 radical (unpaired) electrons. The van der Waals surface area contributed by atoms with Crippen molar-refractivity contribution >= 4 is 5.91 Å². The zero-order valence-corrected chi connectivity index (χ0v) is 11.7. The zero-order valence-electron chi connectivity index (χ0n) is 11.7. The second-order valence-corrected chi connectivity index (χ2v) is 5.61. The molecule has 0 unspecified atom stereocenters. The minimum absolute atomic E-state index is 0.120. The van der Waals surface area contributed by atoms with E-state index in [1.54, 1.807) is 12.4 Å². The average Bonchev–Trinajstić information content (AvgIpc) is 2.94. The van der Waals surface area contributed by atoms with Crippen molar-refractivity contribution in [1.82, 2.24) is 9.88 Å². The summed E-state index contributed by atoms with van der Waals surface area (Å²) >= 11 is 0. The minimum Gasteiger partial charge on any atom is -0.493 e. The number of benzene rings is 1. The molecular weight excluding hydrogens is 264 g/mol. The van der Waals surface area contributed by atoms with Crippen LogP contribution in [0.15, 0.2) is 42.7 Å². The van der Waals surface area contributed by atoms with Crippen LogP contribution in [0.1, 0.15) is 27.4 Å². The predicted octanol–water partition coefficient (Wildman–Crippen LogP) is 2.26. The monoisotopic (exact) mass is 280 g/mol. The molecule has 106 valence electrons. The van der Waals surface area contributed by atoms with Gasteiger partial charge < -0.3 is 9.64 Å². The van der Waals surface area contributed by atoms with Crippen molar-refractivity contribution in [2.75, 3.05) is 19.7 Å². The first-order valence-corrected chi connectivity index (χ1v) is 7.26. The number of hydrogen-bond acceptors (Lipinski definition) is 3. The number of nitrogens with zero attached hydrogens (tertiary/aromatic N) is 2. The minimum atomic E-state index is 0.120. The van der Waals surface area contributed by atoms with E-state index in [-0.39, 0.29) is 5.91 Å². The lowest BCUT2D eigenvalue weighted by molar-refractivity contribution is 0.0602. The number of fused-ring (bicyclic) bond motifs is 1. The number of aromatic nitrogens is 1. The van der Waals surface area contributed by atoms with Gasteiger partial charge >= 0.3 is 0 Å². The average molecular weight is 280 g/mol. The maximum Gasteiger partial charge on any atom is 0.253 e. The van der Waals surface area contributed by atoms with Crippen molar-refractivity contribution in [1.29, 1.82) is 0 Å². The topological polar surface area (TPSA) is 42.4 Å². The maximum atomic E-state index is 12.5. The quantitative estimate of drug-likeness (QED) is 0.847. The van der Waals surface area contributed by atoms with E-state index in [9.17, 15) is 4.79 Å². The number of carbonyl (C=O) groups is 1. The molecule has 2 aromatic rings. The summed E-state index contributed by atoms with van der Waals surface area (Å²) in [6.07, 6.45) is 4.51. The Balaban J connectivity index is 1.45. The van der Waals surface area contributed by atoms with E-state index in [4.69, 9.17) is 4.74 Å². The molecule has 21 heavy (non-hydrogen) atoms. The lowest BCUT2D eigenvalue weighted by atomic mass is 9.91. The molecule has 0 spiro atoms. The third kappa shape index (κ3) is 2.17. The normalized spacial score (nSPS) is 17.0. The molecule has 1 aromatic carbocycles. The summed E-state index contributed by atoms with van der Waals surface area (Å²) in [7, 11) is 0. The Bertz CT molecular complexity index is 678. The number of amides is 1. The fourth-order valence-corrected chi connectivity index (χ4v) is 2.99. The third-order valence-electron chi connectivity index (χ3n) is 4.28. The molecule has 0 N–H and O–H groups in total. The number of hydrogen-bond donors (Lipinski definition) is 0. The summed E-state index contributed by atoms with van der Waals surface area (Å²) in [4.78, 5) is 18.4. The van der Waals surface area contributed by atoms with Crippen LogP contribution in [0.3, 0.4) is 0 Å². The fraction of sp³-hybridized carbons (Fsp3) is 0.294. The smallest absolute Gasteiger partial charge is 0.253 e. The summed E-state index contributed by atoms with van der Waals surface area (Å²) in [5, 5.41) is 0. The Morgan fingerprint density at radius 1 is 1.19 bits per heavy atom. The summed E-state index contributed by atoms with van der Waals surface area (Å²) in [6.45, 7) is 2.30. The van der Waals surface area contributed by atoms with E-state index >= 15 is 0 Å². The summed E-state index contributed by atoms with van der Waals surface area (Å²) in [5.74, 6) is 1.48. The van der Waals surface area contributed by atoms with Gasteiger partial charge in [0.15, 0.2) is 0 Å².